The number of aromatic nitrogens is 1. The highest BCUT2D eigenvalue weighted by Crippen LogP contribution is 2.28. The first kappa shape index (κ1) is 39.3. The Morgan fingerprint density at radius 1 is 0.911 bits per heavy atom. The molecule has 2 N–H and O–H groups in total. The second-order valence-corrected chi connectivity index (χ2v) is 15.3. The number of hydrogen-bond donors (Lipinski definition) is 2. The number of ether oxygens (including phenoxy) is 1. The number of carbonyl (C=O) groups excluding carboxylic acids is 2. The van der Waals surface area contributed by atoms with E-state index in [1.54, 1.807) is 59.4 Å². The molecule has 286 valence electrons. The number of piperazine rings is 1. The van der Waals surface area contributed by atoms with E-state index in [0.29, 0.717) is 67.5 Å². The van der Waals surface area contributed by atoms with E-state index in [-0.39, 0.29) is 17.2 Å². The summed E-state index contributed by atoms with van der Waals surface area (Å²) < 4.78 is 33.8. The third-order valence-corrected chi connectivity index (χ3v) is 11.1. The van der Waals surface area contributed by atoms with E-state index >= 15 is 0 Å². The number of nitro benzene ring substituents is 1. The molecule has 0 atom stereocenters. The van der Waals surface area contributed by atoms with Gasteiger partial charge in [0, 0.05) is 78.0 Å². The largest absolute Gasteiger partial charge is 0.492 e. The molecular formula is C41H38N6O7S2. The summed E-state index contributed by atoms with van der Waals surface area (Å²) in [6, 6.07) is 28.6. The van der Waals surface area contributed by atoms with E-state index in [0.717, 1.165) is 16.6 Å². The smallest absolute Gasteiger partial charge is 0.293 e. The topological polar surface area (TPSA) is 164 Å². The summed E-state index contributed by atoms with van der Waals surface area (Å²) >= 11 is 1.58. The monoisotopic (exact) mass is 790 g/mol. The minimum Gasteiger partial charge on any atom is -0.492 e. The Kier molecular flexibility index (Phi) is 12.9. The number of nitro groups is 1. The average molecular weight is 791 g/mol. The Bertz CT molecular complexity index is 2380. The third kappa shape index (κ3) is 10.0. The molecule has 13 nitrogen and oxygen atoms in total. The van der Waals surface area contributed by atoms with Gasteiger partial charge in [-0.1, -0.05) is 42.2 Å². The Balaban J connectivity index is 1.03. The lowest BCUT2D eigenvalue weighted by atomic mass is 10.1. The van der Waals surface area contributed by atoms with Crippen molar-refractivity contribution in [3.05, 3.63) is 148 Å². The zero-order chi connectivity index (χ0) is 39.5. The van der Waals surface area contributed by atoms with Crippen LogP contribution < -0.4 is 19.7 Å². The fourth-order valence-electron chi connectivity index (χ4n) is 5.90. The molecule has 15 heteroatoms. The van der Waals surface area contributed by atoms with Crippen LogP contribution in [0.25, 0.3) is 0 Å². The average Bonchev–Trinajstić information content (AvgIpc) is 3.22. The molecule has 0 radical (unpaired) electrons. The van der Waals surface area contributed by atoms with Gasteiger partial charge in [0.15, 0.2) is 0 Å². The van der Waals surface area contributed by atoms with Gasteiger partial charge in [-0.05, 0) is 73.7 Å². The molecule has 6 rings (SSSR count). The first-order valence-electron chi connectivity index (χ1n) is 17.7. The number of sulfonamides is 1. The molecule has 0 bridgehead atoms. The van der Waals surface area contributed by atoms with Gasteiger partial charge >= 0.3 is 0 Å². The van der Waals surface area contributed by atoms with E-state index in [2.05, 4.69) is 27.0 Å². The van der Waals surface area contributed by atoms with Crippen LogP contribution in [0.15, 0.2) is 125 Å². The van der Waals surface area contributed by atoms with Crippen molar-refractivity contribution < 1.29 is 27.7 Å². The van der Waals surface area contributed by atoms with E-state index in [1.807, 2.05) is 54.1 Å². The molecule has 0 aliphatic carbocycles. The van der Waals surface area contributed by atoms with Gasteiger partial charge in [0.25, 0.3) is 27.5 Å². The van der Waals surface area contributed by atoms with Crippen molar-refractivity contribution >= 4 is 50.7 Å². The summed E-state index contributed by atoms with van der Waals surface area (Å²) in [6.45, 7) is 4.78. The van der Waals surface area contributed by atoms with Gasteiger partial charge in [-0.25, -0.2) is 13.1 Å². The summed E-state index contributed by atoms with van der Waals surface area (Å²) in [5.41, 5.74) is 2.41. The highest BCUT2D eigenvalue weighted by molar-refractivity contribution is 7.99. The number of nitrogens with zero attached hydrogens (tertiary/aromatic N) is 4. The van der Waals surface area contributed by atoms with Crippen LogP contribution in [0.2, 0.25) is 0 Å². The molecule has 2 heterocycles. The van der Waals surface area contributed by atoms with Gasteiger partial charge in [-0.3, -0.25) is 24.7 Å². The molecule has 4 aromatic carbocycles. The first-order valence-corrected chi connectivity index (χ1v) is 20.2. The van der Waals surface area contributed by atoms with E-state index in [1.165, 1.54) is 24.3 Å². The number of amides is 2. The van der Waals surface area contributed by atoms with Crippen molar-refractivity contribution in [2.24, 2.45) is 0 Å². The Labute approximate surface area is 329 Å². The first-order chi connectivity index (χ1) is 27.1. The van der Waals surface area contributed by atoms with Crippen LogP contribution in [-0.2, 0) is 10.0 Å². The molecule has 2 amide bonds. The standard InChI is InChI=1S/C41H38N6O7S2/c1-2-54-34-26-30(28-42-29-34)12-13-31-8-6-7-11-37(31)41(49)46-23-21-45(22-24-46)33-16-14-32(15-17-33)40(48)44-56(52,53)36-18-19-38(39(27-36)47(50)51)43-20-25-55-35-9-4-3-5-10-35/h3-11,14-19,26-29,43H,2,20-25H2,1H3,(H,44,48). The van der Waals surface area contributed by atoms with Crippen molar-refractivity contribution in [1.82, 2.24) is 14.6 Å². The maximum atomic E-state index is 13.6. The zero-order valence-electron chi connectivity index (χ0n) is 30.4. The van der Waals surface area contributed by atoms with Gasteiger partial charge in [0.05, 0.1) is 28.2 Å². The molecule has 1 fully saturated rings. The summed E-state index contributed by atoms with van der Waals surface area (Å²) in [5, 5.41) is 14.8. The number of pyridine rings is 1. The summed E-state index contributed by atoms with van der Waals surface area (Å²) in [6.07, 6.45) is 3.26. The summed E-state index contributed by atoms with van der Waals surface area (Å²) in [5.74, 6) is 6.43. The second-order valence-electron chi connectivity index (χ2n) is 12.4. The second kappa shape index (κ2) is 18.3. The van der Waals surface area contributed by atoms with Crippen molar-refractivity contribution in [3.8, 4) is 17.6 Å². The number of carbonyl (C=O) groups is 2. The van der Waals surface area contributed by atoms with E-state index in [4.69, 9.17) is 4.74 Å². The Hall–Kier alpha value is -6.37. The summed E-state index contributed by atoms with van der Waals surface area (Å²) in [7, 11) is -4.43. The van der Waals surface area contributed by atoms with Gasteiger partial charge in [0.2, 0.25) is 0 Å². The number of hydrogen-bond acceptors (Lipinski definition) is 11. The number of rotatable bonds is 13. The predicted octanol–water partition coefficient (Wildman–Crippen LogP) is 6.07. The SMILES string of the molecule is CCOc1cncc(C#Cc2ccccc2C(=O)N2CCN(c3ccc(C(=O)NS(=O)(=O)c4ccc(NCCSc5ccccc5)c([N+](=O)[O-])c4)cc3)CC2)c1. The van der Waals surface area contributed by atoms with Crippen LogP contribution in [0.1, 0.15) is 38.8 Å². The fraction of sp³-hybridized carbons (Fsp3) is 0.195. The normalized spacial score (nSPS) is 12.6. The number of nitrogens with one attached hydrogen (secondary N) is 2. The lowest BCUT2D eigenvalue weighted by molar-refractivity contribution is -0.384. The van der Waals surface area contributed by atoms with Crippen molar-refractivity contribution in [2.75, 3.05) is 55.3 Å². The quantitative estimate of drug-likeness (QED) is 0.0468. The number of thioether (sulfide) groups is 1. The molecule has 0 saturated carbocycles. The van der Waals surface area contributed by atoms with E-state index in [9.17, 15) is 28.1 Å². The number of anilines is 2. The third-order valence-electron chi connectivity index (χ3n) is 8.72. The van der Waals surface area contributed by atoms with Crippen LogP contribution in [0.3, 0.4) is 0 Å². The van der Waals surface area contributed by atoms with Gasteiger partial charge in [0.1, 0.15) is 11.4 Å². The van der Waals surface area contributed by atoms with Gasteiger partial charge in [-0.15, -0.1) is 11.8 Å². The lowest BCUT2D eigenvalue weighted by Gasteiger charge is -2.36. The van der Waals surface area contributed by atoms with Crippen LogP contribution in [0.5, 0.6) is 5.75 Å². The minimum atomic E-state index is -4.43. The minimum absolute atomic E-state index is 0.0907. The molecule has 0 spiro atoms. The molecule has 5 aromatic rings. The Morgan fingerprint density at radius 3 is 2.38 bits per heavy atom. The van der Waals surface area contributed by atoms with Gasteiger partial charge < -0.3 is 19.9 Å². The van der Waals surface area contributed by atoms with Crippen molar-refractivity contribution in [2.45, 2.75) is 16.7 Å². The highest BCUT2D eigenvalue weighted by Gasteiger charge is 2.26. The zero-order valence-corrected chi connectivity index (χ0v) is 32.0. The lowest BCUT2D eigenvalue weighted by Crippen LogP contribution is -2.49. The van der Waals surface area contributed by atoms with Crippen LogP contribution >= 0.6 is 11.8 Å². The Morgan fingerprint density at radius 2 is 1.64 bits per heavy atom. The maximum absolute atomic E-state index is 13.6. The molecule has 0 unspecified atom stereocenters. The van der Waals surface area contributed by atoms with Crippen LogP contribution in [0, 0.1) is 22.0 Å². The molecule has 1 saturated heterocycles. The molecular weight excluding hydrogens is 753 g/mol. The van der Waals surface area contributed by atoms with Gasteiger partial charge in [-0.2, -0.15) is 0 Å². The molecule has 1 aliphatic rings. The summed E-state index contributed by atoms with van der Waals surface area (Å²) in [4.78, 5) is 46.5. The predicted molar refractivity (Wildman–Crippen MR) is 216 cm³/mol. The molecule has 56 heavy (non-hydrogen) atoms. The van der Waals surface area contributed by atoms with Crippen LogP contribution in [-0.4, -0.2) is 80.1 Å². The highest BCUT2D eigenvalue weighted by atomic mass is 32.2. The van der Waals surface area contributed by atoms with Crippen molar-refractivity contribution in [3.63, 3.8) is 0 Å². The molecule has 1 aliphatic heterocycles. The van der Waals surface area contributed by atoms with Crippen LogP contribution in [0.4, 0.5) is 17.1 Å². The van der Waals surface area contributed by atoms with Crippen molar-refractivity contribution in [1.29, 1.82) is 0 Å². The fourth-order valence-corrected chi connectivity index (χ4v) is 7.69. The van der Waals surface area contributed by atoms with E-state index < -0.39 is 31.4 Å². The molecule has 1 aromatic heterocycles. The number of benzene rings is 4. The maximum Gasteiger partial charge on any atom is 0.293 e.